The average Bonchev–Trinajstić information content (AvgIpc) is 2.82. The molecule has 3 rings (SSSR count). The van der Waals surface area contributed by atoms with E-state index in [0.29, 0.717) is 36.5 Å². The lowest BCUT2D eigenvalue weighted by Crippen LogP contribution is -2.54. The van der Waals surface area contributed by atoms with E-state index in [1.807, 2.05) is 4.90 Å². The zero-order valence-electron chi connectivity index (χ0n) is 12.5. The number of nitrogens with two attached hydrogens (primary N) is 1. The third kappa shape index (κ3) is 2.58. The second-order valence-corrected chi connectivity index (χ2v) is 6.92. The van der Waals surface area contributed by atoms with Crippen molar-refractivity contribution in [2.24, 2.45) is 11.1 Å². The van der Waals surface area contributed by atoms with Crippen LogP contribution in [0.4, 0.5) is 11.4 Å². The molecule has 0 aliphatic carbocycles. The summed E-state index contributed by atoms with van der Waals surface area (Å²) in [6.07, 6.45) is 0. The van der Waals surface area contributed by atoms with E-state index in [2.05, 4.69) is 21.2 Å². The van der Waals surface area contributed by atoms with Crippen LogP contribution in [0, 0.1) is 15.5 Å². The van der Waals surface area contributed by atoms with Crippen molar-refractivity contribution in [1.29, 1.82) is 0 Å². The largest absolute Gasteiger partial charge is 0.380 e. The van der Waals surface area contributed by atoms with Crippen LogP contribution < -0.4 is 16.0 Å². The number of halogens is 1. The molecule has 0 radical (unpaired) electrons. The van der Waals surface area contributed by atoms with Crippen molar-refractivity contribution in [1.82, 2.24) is 5.32 Å². The summed E-state index contributed by atoms with van der Waals surface area (Å²) in [4.78, 5) is 25.1. The van der Waals surface area contributed by atoms with Gasteiger partial charge in [-0.05, 0) is 6.07 Å². The van der Waals surface area contributed by atoms with Crippen LogP contribution in [0.2, 0.25) is 0 Å². The normalized spacial score (nSPS) is 22.0. The van der Waals surface area contributed by atoms with Gasteiger partial charge in [0.15, 0.2) is 0 Å². The minimum atomic E-state index is -0.472. The number of hydrogen-bond acceptors (Lipinski definition) is 6. The van der Waals surface area contributed by atoms with Crippen molar-refractivity contribution in [3.8, 4) is 0 Å². The molecule has 0 saturated carbocycles. The molecule has 2 aliphatic heterocycles. The fraction of sp³-hybridized carbons (Fsp3) is 0.500. The maximum atomic E-state index is 12.2. The Bertz CT molecular complexity index is 677. The monoisotopic (exact) mass is 384 g/mol. The third-order valence-corrected chi connectivity index (χ3v) is 4.99. The second-order valence-electron chi connectivity index (χ2n) is 6.00. The molecule has 1 amide bonds. The van der Waals surface area contributed by atoms with Crippen LogP contribution in [0.3, 0.4) is 0 Å². The molecule has 2 saturated heterocycles. The predicted molar refractivity (Wildman–Crippen MR) is 87.6 cm³/mol. The molecule has 1 atom stereocenters. The SMILES string of the molecule is CNC(=O)c1cc(Br)cc([N+](=O)[O-])c1N1C[C@@H](N)C2(COC2)C1. The summed E-state index contributed by atoms with van der Waals surface area (Å²) in [6.45, 7) is 2.09. The Kier molecular flexibility index (Phi) is 4.03. The van der Waals surface area contributed by atoms with E-state index >= 15 is 0 Å². The van der Waals surface area contributed by atoms with Crippen LogP contribution in [0.1, 0.15) is 10.4 Å². The number of amides is 1. The first-order valence-corrected chi connectivity index (χ1v) is 7.95. The Morgan fingerprint density at radius 1 is 1.57 bits per heavy atom. The molecule has 0 bridgehead atoms. The maximum Gasteiger partial charge on any atom is 0.294 e. The summed E-state index contributed by atoms with van der Waals surface area (Å²) in [5, 5.41) is 14.0. The fourth-order valence-corrected chi connectivity index (χ4v) is 3.64. The Labute approximate surface area is 141 Å². The molecule has 1 spiro atoms. The van der Waals surface area contributed by atoms with E-state index in [0.717, 1.165) is 0 Å². The highest BCUT2D eigenvalue weighted by atomic mass is 79.9. The molecule has 2 fully saturated rings. The molecule has 2 heterocycles. The van der Waals surface area contributed by atoms with Crippen LogP contribution >= 0.6 is 15.9 Å². The first kappa shape index (κ1) is 16.2. The lowest BCUT2D eigenvalue weighted by molar-refractivity contribution is -0.384. The van der Waals surface area contributed by atoms with E-state index in [1.165, 1.54) is 13.1 Å². The second kappa shape index (κ2) is 5.73. The number of hydrogen-bond donors (Lipinski definition) is 2. The number of benzene rings is 1. The molecule has 23 heavy (non-hydrogen) atoms. The van der Waals surface area contributed by atoms with Crippen molar-refractivity contribution >= 4 is 33.2 Å². The molecular formula is C14H17BrN4O4. The smallest absolute Gasteiger partial charge is 0.294 e. The number of carbonyl (C=O) groups is 1. The quantitative estimate of drug-likeness (QED) is 0.591. The lowest BCUT2D eigenvalue weighted by Gasteiger charge is -2.40. The van der Waals surface area contributed by atoms with Crippen LogP contribution in [0.15, 0.2) is 16.6 Å². The highest BCUT2D eigenvalue weighted by molar-refractivity contribution is 9.10. The van der Waals surface area contributed by atoms with Gasteiger partial charge in [0.1, 0.15) is 5.69 Å². The zero-order chi connectivity index (χ0) is 16.8. The molecule has 8 nitrogen and oxygen atoms in total. The number of nitro benzene ring substituents is 1. The van der Waals surface area contributed by atoms with Gasteiger partial charge >= 0.3 is 0 Å². The summed E-state index contributed by atoms with van der Waals surface area (Å²) in [6, 6.07) is 2.86. The van der Waals surface area contributed by atoms with Gasteiger partial charge in [-0.15, -0.1) is 0 Å². The number of anilines is 1. The topological polar surface area (TPSA) is 111 Å². The fourth-order valence-electron chi connectivity index (χ4n) is 3.20. The Morgan fingerprint density at radius 3 is 2.74 bits per heavy atom. The van der Waals surface area contributed by atoms with Crippen molar-refractivity contribution in [2.45, 2.75) is 6.04 Å². The molecular weight excluding hydrogens is 368 g/mol. The first-order chi connectivity index (χ1) is 10.9. The Balaban J connectivity index is 2.09. The minimum absolute atomic E-state index is 0.109. The Hall–Kier alpha value is -1.71. The van der Waals surface area contributed by atoms with E-state index < -0.39 is 4.92 Å². The number of nitrogens with one attached hydrogen (secondary N) is 1. The third-order valence-electron chi connectivity index (χ3n) is 4.53. The highest BCUT2D eigenvalue weighted by Gasteiger charge is 2.51. The molecule has 0 unspecified atom stereocenters. The molecule has 2 aliphatic rings. The molecule has 124 valence electrons. The number of carbonyl (C=O) groups excluding carboxylic acids is 1. The summed E-state index contributed by atoms with van der Waals surface area (Å²) >= 11 is 3.23. The van der Waals surface area contributed by atoms with Crippen molar-refractivity contribution in [2.75, 3.05) is 38.3 Å². The predicted octanol–water partition coefficient (Wildman–Crippen LogP) is 0.881. The molecule has 0 aromatic heterocycles. The zero-order valence-corrected chi connectivity index (χ0v) is 14.1. The molecule has 1 aromatic carbocycles. The summed E-state index contributed by atoms with van der Waals surface area (Å²) in [7, 11) is 1.50. The van der Waals surface area contributed by atoms with Gasteiger partial charge in [0, 0.05) is 36.7 Å². The van der Waals surface area contributed by atoms with Gasteiger partial charge in [-0.25, -0.2) is 0 Å². The molecule has 9 heteroatoms. The molecule has 3 N–H and O–H groups in total. The van der Waals surface area contributed by atoms with Crippen molar-refractivity contribution in [3.63, 3.8) is 0 Å². The number of nitro groups is 1. The van der Waals surface area contributed by atoms with Gasteiger partial charge in [0.05, 0.1) is 29.1 Å². The maximum absolute atomic E-state index is 12.2. The Morgan fingerprint density at radius 2 is 2.26 bits per heavy atom. The van der Waals surface area contributed by atoms with E-state index in [4.69, 9.17) is 10.5 Å². The standard InChI is InChI=1S/C14H17BrN4O4/c1-17-13(20)9-2-8(15)3-10(19(21)22)12(9)18-4-11(16)14(5-18)6-23-7-14/h2-3,11H,4-7,16H2,1H3,(H,17,20)/t11-/m1/s1. The summed E-state index contributed by atoms with van der Waals surface area (Å²) in [5.41, 5.74) is 6.51. The van der Waals surface area contributed by atoms with Gasteiger partial charge in [-0.2, -0.15) is 0 Å². The van der Waals surface area contributed by atoms with Gasteiger partial charge in [0.25, 0.3) is 11.6 Å². The van der Waals surface area contributed by atoms with E-state index in [1.54, 1.807) is 6.07 Å². The number of nitrogens with zero attached hydrogens (tertiary/aromatic N) is 2. The van der Waals surface area contributed by atoms with Gasteiger partial charge in [0.2, 0.25) is 0 Å². The van der Waals surface area contributed by atoms with Crippen LogP contribution in [0.5, 0.6) is 0 Å². The van der Waals surface area contributed by atoms with Crippen LogP contribution in [0.25, 0.3) is 0 Å². The number of ether oxygens (including phenoxy) is 1. The van der Waals surface area contributed by atoms with Crippen LogP contribution in [-0.4, -0.2) is 50.2 Å². The lowest BCUT2D eigenvalue weighted by atomic mass is 9.82. The number of rotatable bonds is 3. The van der Waals surface area contributed by atoms with Crippen molar-refractivity contribution in [3.05, 3.63) is 32.3 Å². The summed E-state index contributed by atoms with van der Waals surface area (Å²) in [5.74, 6) is -0.371. The van der Waals surface area contributed by atoms with Gasteiger partial charge in [-0.3, -0.25) is 14.9 Å². The van der Waals surface area contributed by atoms with Gasteiger partial charge < -0.3 is 20.7 Å². The first-order valence-electron chi connectivity index (χ1n) is 7.16. The highest BCUT2D eigenvalue weighted by Crippen LogP contribution is 2.43. The van der Waals surface area contributed by atoms with Gasteiger partial charge in [-0.1, -0.05) is 15.9 Å². The van der Waals surface area contributed by atoms with Crippen LogP contribution in [-0.2, 0) is 4.74 Å². The van der Waals surface area contributed by atoms with E-state index in [9.17, 15) is 14.9 Å². The minimum Gasteiger partial charge on any atom is -0.380 e. The molecule has 1 aromatic rings. The van der Waals surface area contributed by atoms with E-state index in [-0.39, 0.29) is 28.6 Å². The average molecular weight is 385 g/mol. The summed E-state index contributed by atoms with van der Waals surface area (Å²) < 4.78 is 5.77. The van der Waals surface area contributed by atoms with Crippen molar-refractivity contribution < 1.29 is 14.5 Å².